The van der Waals surface area contributed by atoms with Gasteiger partial charge in [-0.2, -0.15) is 0 Å². The van der Waals surface area contributed by atoms with Crippen molar-refractivity contribution >= 4 is 16.9 Å². The normalized spacial score (nSPS) is 12.2. The number of nitrogens with one attached hydrogen (secondary N) is 1. The fraction of sp³-hybridized carbons (Fsp3) is 0.261. The number of carbonyl (C=O) groups is 1. The number of hydrogen-bond donors (Lipinski definition) is 1. The zero-order chi connectivity index (χ0) is 21.3. The number of fused-ring (bicyclic) bond motifs is 1. The Morgan fingerprint density at radius 2 is 1.93 bits per heavy atom. The van der Waals surface area contributed by atoms with Crippen LogP contribution in [0.1, 0.15) is 23.9 Å². The summed E-state index contributed by atoms with van der Waals surface area (Å²) in [5, 5.41) is 3.44. The Kier molecular flexibility index (Phi) is 5.27. The highest BCUT2D eigenvalue weighted by molar-refractivity contribution is 5.83. The van der Waals surface area contributed by atoms with E-state index in [1.807, 2.05) is 67.8 Å². The van der Waals surface area contributed by atoms with Gasteiger partial charge >= 0.3 is 0 Å². The number of aromatic nitrogens is 3. The first-order chi connectivity index (χ1) is 14.5. The van der Waals surface area contributed by atoms with Gasteiger partial charge in [-0.1, -0.05) is 18.2 Å². The summed E-state index contributed by atoms with van der Waals surface area (Å²) in [6, 6.07) is 13.4. The van der Waals surface area contributed by atoms with Crippen molar-refractivity contribution in [2.75, 3.05) is 0 Å². The molecule has 0 radical (unpaired) electrons. The lowest BCUT2D eigenvalue weighted by atomic mass is 10.2. The number of carbonyl (C=O) groups excluding carboxylic acids is 1. The van der Waals surface area contributed by atoms with Gasteiger partial charge in [-0.05, 0) is 50.6 Å². The summed E-state index contributed by atoms with van der Waals surface area (Å²) in [5.74, 6) is 0.561. The Morgan fingerprint density at radius 3 is 2.63 bits per heavy atom. The summed E-state index contributed by atoms with van der Waals surface area (Å²) >= 11 is 0. The Balaban J connectivity index is 1.60. The molecule has 1 amide bonds. The highest BCUT2D eigenvalue weighted by Crippen LogP contribution is 2.24. The summed E-state index contributed by atoms with van der Waals surface area (Å²) in [7, 11) is 0. The highest BCUT2D eigenvalue weighted by Gasteiger charge is 2.19. The first kappa shape index (κ1) is 19.7. The molecule has 4 rings (SSSR count). The van der Waals surface area contributed by atoms with Gasteiger partial charge in [0, 0.05) is 23.8 Å². The van der Waals surface area contributed by atoms with Crippen LogP contribution < -0.4 is 10.9 Å². The molecule has 7 nitrogen and oxygen atoms in total. The third-order valence-electron chi connectivity index (χ3n) is 5.31. The lowest BCUT2D eigenvalue weighted by molar-refractivity contribution is -0.122. The molecule has 1 atom stereocenters. The summed E-state index contributed by atoms with van der Waals surface area (Å²) in [5.41, 5.74) is 3.15. The maximum Gasteiger partial charge on any atom is 0.263 e. The van der Waals surface area contributed by atoms with Gasteiger partial charge in [0.2, 0.25) is 5.91 Å². The van der Waals surface area contributed by atoms with Crippen LogP contribution in [0.5, 0.6) is 0 Å². The average Bonchev–Trinajstić information content (AvgIpc) is 3.31. The predicted molar refractivity (Wildman–Crippen MR) is 115 cm³/mol. The summed E-state index contributed by atoms with van der Waals surface area (Å²) in [6.07, 6.45) is 3.64. The topological polar surface area (TPSA) is 82.1 Å². The highest BCUT2D eigenvalue weighted by atomic mass is 16.3. The van der Waals surface area contributed by atoms with E-state index in [2.05, 4.69) is 10.3 Å². The van der Waals surface area contributed by atoms with Crippen LogP contribution >= 0.6 is 0 Å². The minimum absolute atomic E-state index is 0.0841. The molecule has 0 aliphatic heterocycles. The standard InChI is InChI=1S/C23H24N4O3/c1-15(12-19-10-7-11-30-19)25-20(28)13-26-14-24-22-21(23(26)29)16(2)17(3)27(22)18-8-5-4-6-9-18/h4-11,14-15H,12-13H2,1-3H3,(H,25,28). The molecule has 0 saturated heterocycles. The van der Waals surface area contributed by atoms with E-state index < -0.39 is 0 Å². The van der Waals surface area contributed by atoms with E-state index in [9.17, 15) is 9.59 Å². The molecule has 0 spiro atoms. The van der Waals surface area contributed by atoms with Crippen LogP contribution in [0.4, 0.5) is 0 Å². The SMILES string of the molecule is Cc1c(C)n(-c2ccccc2)c2ncn(CC(=O)NC(C)Cc3ccco3)c(=O)c12. The lowest BCUT2D eigenvalue weighted by Gasteiger charge is -2.13. The maximum atomic E-state index is 13.1. The molecule has 30 heavy (non-hydrogen) atoms. The molecule has 3 aromatic heterocycles. The van der Waals surface area contributed by atoms with Crippen molar-refractivity contribution in [1.29, 1.82) is 0 Å². The van der Waals surface area contributed by atoms with Crippen molar-refractivity contribution in [1.82, 2.24) is 19.4 Å². The van der Waals surface area contributed by atoms with Crippen LogP contribution in [0, 0.1) is 13.8 Å². The van der Waals surface area contributed by atoms with Crippen molar-refractivity contribution in [3.63, 3.8) is 0 Å². The number of aryl methyl sites for hydroxylation is 1. The van der Waals surface area contributed by atoms with Crippen molar-refractivity contribution in [2.45, 2.75) is 39.8 Å². The second-order valence-electron chi connectivity index (χ2n) is 7.51. The summed E-state index contributed by atoms with van der Waals surface area (Å²) in [4.78, 5) is 30.1. The van der Waals surface area contributed by atoms with Crippen molar-refractivity contribution < 1.29 is 9.21 Å². The fourth-order valence-corrected chi connectivity index (χ4v) is 3.75. The second-order valence-corrected chi connectivity index (χ2v) is 7.51. The van der Waals surface area contributed by atoms with Gasteiger partial charge in [0.1, 0.15) is 18.6 Å². The van der Waals surface area contributed by atoms with Gasteiger partial charge < -0.3 is 9.73 Å². The number of amides is 1. The molecule has 154 valence electrons. The van der Waals surface area contributed by atoms with Crippen LogP contribution in [-0.2, 0) is 17.8 Å². The Hall–Kier alpha value is -3.61. The molecular weight excluding hydrogens is 380 g/mol. The van der Waals surface area contributed by atoms with Gasteiger partial charge in [-0.15, -0.1) is 0 Å². The molecule has 3 heterocycles. The monoisotopic (exact) mass is 404 g/mol. The predicted octanol–water partition coefficient (Wildman–Crippen LogP) is 3.14. The number of rotatable bonds is 6. The third kappa shape index (κ3) is 3.66. The largest absolute Gasteiger partial charge is 0.469 e. The fourth-order valence-electron chi connectivity index (χ4n) is 3.75. The molecule has 1 aromatic carbocycles. The van der Waals surface area contributed by atoms with Crippen LogP contribution in [-0.4, -0.2) is 26.1 Å². The van der Waals surface area contributed by atoms with E-state index in [0.717, 1.165) is 22.7 Å². The minimum atomic E-state index is -0.242. The van der Waals surface area contributed by atoms with Gasteiger partial charge in [0.25, 0.3) is 5.56 Å². The number of benzene rings is 1. The van der Waals surface area contributed by atoms with Gasteiger partial charge in [0.15, 0.2) is 5.65 Å². The average molecular weight is 404 g/mol. The molecular formula is C23H24N4O3. The quantitative estimate of drug-likeness (QED) is 0.535. The zero-order valence-electron chi connectivity index (χ0n) is 17.3. The minimum Gasteiger partial charge on any atom is -0.469 e. The summed E-state index contributed by atoms with van der Waals surface area (Å²) in [6.45, 7) is 5.70. The number of nitrogens with zero attached hydrogens (tertiary/aromatic N) is 3. The lowest BCUT2D eigenvalue weighted by Crippen LogP contribution is -2.38. The van der Waals surface area contributed by atoms with E-state index in [0.29, 0.717) is 17.5 Å². The van der Waals surface area contributed by atoms with Gasteiger partial charge in [-0.25, -0.2) is 4.98 Å². The van der Waals surface area contributed by atoms with Crippen LogP contribution in [0.15, 0.2) is 64.3 Å². The molecule has 0 saturated carbocycles. The molecule has 1 unspecified atom stereocenters. The number of hydrogen-bond acceptors (Lipinski definition) is 4. The molecule has 1 N–H and O–H groups in total. The van der Waals surface area contributed by atoms with E-state index in [4.69, 9.17) is 4.42 Å². The molecule has 0 aliphatic rings. The van der Waals surface area contributed by atoms with Gasteiger partial charge in [-0.3, -0.25) is 18.7 Å². The van der Waals surface area contributed by atoms with Crippen LogP contribution in [0.2, 0.25) is 0 Å². The molecule has 0 aliphatic carbocycles. The Labute approximate surface area is 174 Å². The first-order valence-electron chi connectivity index (χ1n) is 9.90. The van der Waals surface area contributed by atoms with E-state index in [-0.39, 0.29) is 24.1 Å². The Morgan fingerprint density at radius 1 is 1.17 bits per heavy atom. The van der Waals surface area contributed by atoms with Gasteiger partial charge in [0.05, 0.1) is 11.6 Å². The maximum absolute atomic E-state index is 13.1. The van der Waals surface area contributed by atoms with Crippen molar-refractivity contribution in [2.24, 2.45) is 0 Å². The molecule has 0 bridgehead atoms. The molecule has 4 aromatic rings. The van der Waals surface area contributed by atoms with Crippen LogP contribution in [0.25, 0.3) is 16.7 Å². The number of para-hydroxylation sites is 1. The van der Waals surface area contributed by atoms with E-state index >= 15 is 0 Å². The van der Waals surface area contributed by atoms with E-state index in [1.54, 1.807) is 6.26 Å². The zero-order valence-corrected chi connectivity index (χ0v) is 17.3. The smallest absolute Gasteiger partial charge is 0.263 e. The van der Waals surface area contributed by atoms with Crippen LogP contribution in [0.3, 0.4) is 0 Å². The summed E-state index contributed by atoms with van der Waals surface area (Å²) < 4.78 is 8.65. The molecule has 7 heteroatoms. The van der Waals surface area contributed by atoms with Crippen molar-refractivity contribution in [3.8, 4) is 5.69 Å². The van der Waals surface area contributed by atoms with Crippen molar-refractivity contribution in [3.05, 3.63) is 82.4 Å². The molecule has 0 fully saturated rings. The number of furan rings is 1. The van der Waals surface area contributed by atoms with E-state index in [1.165, 1.54) is 10.9 Å². The Bertz CT molecular complexity index is 1240. The second kappa shape index (κ2) is 8.02. The third-order valence-corrected chi connectivity index (χ3v) is 5.31. The first-order valence-corrected chi connectivity index (χ1v) is 9.90.